The van der Waals surface area contributed by atoms with Crippen LogP contribution in [0.5, 0.6) is 0 Å². The summed E-state index contributed by atoms with van der Waals surface area (Å²) in [5.41, 5.74) is 0.304. The number of nitrogens with one attached hydrogen (secondary N) is 1. The third-order valence-corrected chi connectivity index (χ3v) is 3.91. The minimum atomic E-state index is -3.99. The molecular weight excluding hydrogens is 256 g/mol. The maximum atomic E-state index is 11.7. The van der Waals surface area contributed by atoms with Gasteiger partial charge in [-0.05, 0) is 12.5 Å². The molecule has 7 heteroatoms. The van der Waals surface area contributed by atoms with Gasteiger partial charge in [-0.2, -0.15) is 9.98 Å². The molecule has 0 fully saturated rings. The van der Waals surface area contributed by atoms with Crippen molar-refractivity contribution in [2.45, 2.75) is 18.2 Å². The fraction of sp³-hybridized carbons (Fsp3) is 0.273. The number of nitrogens with zero attached hydrogens (tertiary/aromatic N) is 1. The standard InChI is InChI=1S/C11H12N2O4S/c1-8(7-12)18(16,17)13-10(11(14)15)9-5-3-2-4-6-9/h2-6,8,10,13H,1H3,(H,14,15). The van der Waals surface area contributed by atoms with E-state index in [0.29, 0.717) is 5.56 Å². The van der Waals surface area contributed by atoms with Crippen LogP contribution in [0.1, 0.15) is 18.5 Å². The van der Waals surface area contributed by atoms with Gasteiger partial charge >= 0.3 is 5.97 Å². The van der Waals surface area contributed by atoms with Crippen LogP contribution in [-0.2, 0) is 14.8 Å². The lowest BCUT2D eigenvalue weighted by molar-refractivity contribution is -0.139. The number of hydrogen-bond donors (Lipinski definition) is 2. The third-order valence-electron chi connectivity index (χ3n) is 2.31. The maximum Gasteiger partial charge on any atom is 0.326 e. The first-order valence-electron chi connectivity index (χ1n) is 5.07. The van der Waals surface area contributed by atoms with Crippen LogP contribution in [-0.4, -0.2) is 24.7 Å². The summed E-state index contributed by atoms with van der Waals surface area (Å²) in [6, 6.07) is 8.06. The molecule has 18 heavy (non-hydrogen) atoms. The number of carboxylic acid groups (broad SMARTS) is 1. The smallest absolute Gasteiger partial charge is 0.326 e. The molecule has 0 aliphatic rings. The molecule has 6 nitrogen and oxygen atoms in total. The van der Waals surface area contributed by atoms with Crippen molar-refractivity contribution < 1.29 is 18.3 Å². The largest absolute Gasteiger partial charge is 0.480 e. The second-order valence-electron chi connectivity index (χ2n) is 3.62. The summed E-state index contributed by atoms with van der Waals surface area (Å²) >= 11 is 0. The van der Waals surface area contributed by atoms with Gasteiger partial charge in [0.25, 0.3) is 0 Å². The Morgan fingerprint density at radius 2 is 1.94 bits per heavy atom. The van der Waals surface area contributed by atoms with E-state index in [1.54, 1.807) is 24.3 Å². The molecule has 0 aliphatic carbocycles. The number of sulfonamides is 1. The van der Waals surface area contributed by atoms with Gasteiger partial charge in [0.1, 0.15) is 6.04 Å². The third kappa shape index (κ3) is 3.29. The zero-order valence-electron chi connectivity index (χ0n) is 9.57. The topological polar surface area (TPSA) is 107 Å². The lowest BCUT2D eigenvalue weighted by atomic mass is 10.1. The first kappa shape index (κ1) is 14.2. The van der Waals surface area contributed by atoms with Gasteiger partial charge in [0.15, 0.2) is 5.25 Å². The molecule has 2 atom stereocenters. The highest BCUT2D eigenvalue weighted by atomic mass is 32.2. The second-order valence-corrected chi connectivity index (χ2v) is 5.65. The molecule has 0 heterocycles. The zero-order valence-corrected chi connectivity index (χ0v) is 10.4. The van der Waals surface area contributed by atoms with Crippen molar-refractivity contribution >= 4 is 16.0 Å². The Hall–Kier alpha value is -1.91. The highest BCUT2D eigenvalue weighted by molar-refractivity contribution is 7.90. The van der Waals surface area contributed by atoms with Crippen LogP contribution in [0.4, 0.5) is 0 Å². The van der Waals surface area contributed by atoms with Gasteiger partial charge in [-0.15, -0.1) is 0 Å². The molecule has 1 rings (SSSR count). The van der Waals surface area contributed by atoms with Crippen LogP contribution in [0, 0.1) is 11.3 Å². The average Bonchev–Trinajstić information content (AvgIpc) is 2.35. The SMILES string of the molecule is CC(C#N)S(=O)(=O)NC(C(=O)O)c1ccccc1. The van der Waals surface area contributed by atoms with Crippen molar-refractivity contribution in [1.29, 1.82) is 5.26 Å². The fourth-order valence-corrected chi connectivity index (χ4v) is 2.15. The van der Waals surface area contributed by atoms with E-state index >= 15 is 0 Å². The van der Waals surface area contributed by atoms with Gasteiger partial charge in [-0.1, -0.05) is 30.3 Å². The van der Waals surface area contributed by atoms with E-state index in [-0.39, 0.29) is 0 Å². The molecule has 0 saturated carbocycles. The Morgan fingerprint density at radius 3 is 2.39 bits per heavy atom. The van der Waals surface area contributed by atoms with Crippen LogP contribution in [0.15, 0.2) is 30.3 Å². The highest BCUT2D eigenvalue weighted by Crippen LogP contribution is 2.15. The van der Waals surface area contributed by atoms with E-state index in [0.717, 1.165) is 0 Å². The van der Waals surface area contributed by atoms with Gasteiger partial charge in [-0.25, -0.2) is 8.42 Å². The summed E-state index contributed by atoms with van der Waals surface area (Å²) < 4.78 is 25.3. The number of benzene rings is 1. The van der Waals surface area contributed by atoms with Crippen molar-refractivity contribution in [3.05, 3.63) is 35.9 Å². The normalized spacial score (nSPS) is 14.4. The number of carboxylic acids is 1. The first-order valence-corrected chi connectivity index (χ1v) is 6.61. The lowest BCUT2D eigenvalue weighted by Gasteiger charge is -2.15. The average molecular weight is 268 g/mol. The van der Waals surface area contributed by atoms with Crippen LogP contribution < -0.4 is 4.72 Å². The number of carbonyl (C=O) groups is 1. The molecule has 1 aromatic rings. The first-order chi connectivity index (χ1) is 8.38. The predicted octanol–water partition coefficient (Wildman–Crippen LogP) is 0.644. The van der Waals surface area contributed by atoms with E-state index in [9.17, 15) is 13.2 Å². The molecule has 0 bridgehead atoms. The van der Waals surface area contributed by atoms with Crippen molar-refractivity contribution in [1.82, 2.24) is 4.72 Å². The minimum Gasteiger partial charge on any atom is -0.480 e. The van der Waals surface area contributed by atoms with E-state index < -0.39 is 27.3 Å². The molecule has 0 radical (unpaired) electrons. The number of aliphatic carboxylic acids is 1. The molecule has 0 spiro atoms. The lowest BCUT2D eigenvalue weighted by Crippen LogP contribution is -2.38. The van der Waals surface area contributed by atoms with E-state index in [1.165, 1.54) is 19.1 Å². The molecule has 0 aromatic heterocycles. The summed E-state index contributed by atoms with van der Waals surface area (Å²) in [5.74, 6) is -1.32. The summed E-state index contributed by atoms with van der Waals surface area (Å²) in [7, 11) is -3.99. The number of rotatable bonds is 5. The van der Waals surface area contributed by atoms with Gasteiger partial charge in [0.05, 0.1) is 6.07 Å². The highest BCUT2D eigenvalue weighted by Gasteiger charge is 2.29. The monoisotopic (exact) mass is 268 g/mol. The Labute approximate surface area is 105 Å². The summed E-state index contributed by atoms with van der Waals surface area (Å²) in [6.45, 7) is 1.19. The minimum absolute atomic E-state index is 0.304. The van der Waals surface area contributed by atoms with Crippen LogP contribution in [0.2, 0.25) is 0 Å². The summed E-state index contributed by atoms with van der Waals surface area (Å²) in [5, 5.41) is 16.3. The second kappa shape index (κ2) is 5.62. The molecule has 0 aliphatic heterocycles. The fourth-order valence-electron chi connectivity index (χ4n) is 1.24. The van der Waals surface area contributed by atoms with Crippen molar-refractivity contribution in [3.8, 4) is 6.07 Å². The zero-order chi connectivity index (χ0) is 13.8. The van der Waals surface area contributed by atoms with Crippen LogP contribution >= 0.6 is 0 Å². The van der Waals surface area contributed by atoms with Crippen LogP contribution in [0.25, 0.3) is 0 Å². The Kier molecular flexibility index (Phi) is 4.42. The van der Waals surface area contributed by atoms with Crippen molar-refractivity contribution in [2.24, 2.45) is 0 Å². The summed E-state index contributed by atoms with van der Waals surface area (Å²) in [6.07, 6.45) is 0. The Bertz CT molecular complexity index is 562. The Morgan fingerprint density at radius 1 is 1.39 bits per heavy atom. The van der Waals surface area contributed by atoms with Gasteiger partial charge < -0.3 is 5.11 Å². The van der Waals surface area contributed by atoms with Crippen LogP contribution in [0.3, 0.4) is 0 Å². The molecule has 2 N–H and O–H groups in total. The van der Waals surface area contributed by atoms with E-state index in [1.807, 2.05) is 4.72 Å². The molecule has 0 amide bonds. The number of hydrogen-bond acceptors (Lipinski definition) is 4. The van der Waals surface area contributed by atoms with Gasteiger partial charge in [-0.3, -0.25) is 4.79 Å². The summed E-state index contributed by atoms with van der Waals surface area (Å²) in [4.78, 5) is 11.1. The van der Waals surface area contributed by atoms with Gasteiger partial charge in [0.2, 0.25) is 10.0 Å². The molecule has 96 valence electrons. The molecule has 0 saturated heterocycles. The Balaban J connectivity index is 3.05. The van der Waals surface area contributed by atoms with Crippen molar-refractivity contribution in [2.75, 3.05) is 0 Å². The van der Waals surface area contributed by atoms with Gasteiger partial charge in [0, 0.05) is 0 Å². The number of nitriles is 1. The predicted molar refractivity (Wildman–Crippen MR) is 63.9 cm³/mol. The maximum absolute atomic E-state index is 11.7. The molecule has 2 unspecified atom stereocenters. The van der Waals surface area contributed by atoms with E-state index in [2.05, 4.69) is 0 Å². The van der Waals surface area contributed by atoms with E-state index in [4.69, 9.17) is 10.4 Å². The molecule has 1 aromatic carbocycles. The van der Waals surface area contributed by atoms with Crippen molar-refractivity contribution in [3.63, 3.8) is 0 Å². The molecular formula is C11H12N2O4S. The quantitative estimate of drug-likeness (QED) is 0.815.